The maximum atomic E-state index is 5.40. The fourth-order valence-electron chi connectivity index (χ4n) is 10.1. The minimum atomic E-state index is -0.575. The van der Waals surface area contributed by atoms with E-state index >= 15 is 0 Å². The first-order valence-corrected chi connectivity index (χ1v) is 21.0. The van der Waals surface area contributed by atoms with Crippen molar-refractivity contribution in [3.05, 3.63) is 253 Å². The lowest BCUT2D eigenvalue weighted by Crippen LogP contribution is -2.29. The van der Waals surface area contributed by atoms with Gasteiger partial charge in [-0.25, -0.2) is 9.97 Å². The lowest BCUT2D eigenvalue weighted by Gasteiger charge is -2.35. The summed E-state index contributed by atoms with van der Waals surface area (Å²) < 4.78 is 0. The lowest BCUT2D eigenvalue weighted by atomic mass is 9.66. The average molecular weight is 775 g/mol. The Morgan fingerprint density at radius 2 is 0.787 bits per heavy atom. The lowest BCUT2D eigenvalue weighted by molar-refractivity contribution is 0.771. The van der Waals surface area contributed by atoms with Crippen LogP contribution in [-0.2, 0) is 5.41 Å². The summed E-state index contributed by atoms with van der Waals surface area (Å²) in [6, 6.07) is 83.7. The summed E-state index contributed by atoms with van der Waals surface area (Å²) in [6.07, 6.45) is 0. The van der Waals surface area contributed by atoms with Gasteiger partial charge in [-0.3, -0.25) is 0 Å². The number of aromatic nitrogens is 2. The molecule has 1 aliphatic carbocycles. The maximum Gasteiger partial charge on any atom is 0.161 e. The van der Waals surface area contributed by atoms with Crippen molar-refractivity contribution in [3.8, 4) is 56.2 Å². The zero-order valence-corrected chi connectivity index (χ0v) is 33.3. The van der Waals surface area contributed by atoms with Gasteiger partial charge in [0, 0.05) is 16.7 Å². The van der Waals surface area contributed by atoms with Gasteiger partial charge in [0.2, 0.25) is 0 Å². The first kappa shape index (κ1) is 35.0. The molecule has 0 N–H and O–H groups in total. The molecule has 2 heteroatoms. The molecule has 2 nitrogen and oxygen atoms in total. The Bertz CT molecular complexity index is 3420. The third-order valence-electron chi connectivity index (χ3n) is 12.7. The molecule has 0 aliphatic heterocycles. The molecule has 0 atom stereocenters. The normalized spacial score (nSPS) is 12.7. The zero-order chi connectivity index (χ0) is 40.3. The van der Waals surface area contributed by atoms with Crippen molar-refractivity contribution >= 4 is 32.3 Å². The van der Waals surface area contributed by atoms with E-state index in [9.17, 15) is 0 Å². The summed E-state index contributed by atoms with van der Waals surface area (Å²) in [5.41, 5.74) is 14.4. The Labute approximate surface area is 355 Å². The van der Waals surface area contributed by atoms with E-state index in [0.29, 0.717) is 5.82 Å². The average Bonchev–Trinajstić information content (AvgIpc) is 3.63. The third-order valence-corrected chi connectivity index (χ3v) is 12.7. The quantitative estimate of drug-likeness (QED) is 0.168. The van der Waals surface area contributed by atoms with E-state index in [1.807, 2.05) is 0 Å². The Morgan fingerprint density at radius 1 is 0.295 bits per heavy atom. The van der Waals surface area contributed by atoms with Crippen molar-refractivity contribution in [2.45, 2.75) is 5.41 Å². The van der Waals surface area contributed by atoms with E-state index in [-0.39, 0.29) is 0 Å². The summed E-state index contributed by atoms with van der Waals surface area (Å²) in [4.78, 5) is 10.7. The topological polar surface area (TPSA) is 25.8 Å². The molecule has 1 aromatic heterocycles. The van der Waals surface area contributed by atoms with E-state index in [1.165, 1.54) is 66.1 Å². The van der Waals surface area contributed by atoms with Gasteiger partial charge in [-0.2, -0.15) is 0 Å². The fraction of sp³-hybridized carbons (Fsp3) is 0.0169. The molecule has 1 heterocycles. The molecule has 0 radical (unpaired) electrons. The predicted octanol–water partition coefficient (Wildman–Crippen LogP) is 15.0. The van der Waals surface area contributed by atoms with Gasteiger partial charge in [0.15, 0.2) is 5.82 Å². The molecular formula is C59H38N2. The minimum absolute atomic E-state index is 0.575. The highest BCUT2D eigenvalue weighted by Crippen LogP contribution is 2.60. The van der Waals surface area contributed by atoms with E-state index < -0.39 is 5.41 Å². The maximum absolute atomic E-state index is 5.40. The summed E-state index contributed by atoms with van der Waals surface area (Å²) in [6.45, 7) is 0. The van der Waals surface area contributed by atoms with Crippen LogP contribution < -0.4 is 0 Å². The molecule has 10 aromatic carbocycles. The fourth-order valence-corrected chi connectivity index (χ4v) is 10.1. The van der Waals surface area contributed by atoms with Crippen molar-refractivity contribution in [1.82, 2.24) is 9.97 Å². The number of rotatable bonds is 6. The molecule has 12 rings (SSSR count). The van der Waals surface area contributed by atoms with Crippen LogP contribution in [0.15, 0.2) is 231 Å². The molecular weight excluding hydrogens is 737 g/mol. The molecule has 0 bridgehead atoms. The highest BCUT2D eigenvalue weighted by atomic mass is 14.9. The predicted molar refractivity (Wildman–Crippen MR) is 254 cm³/mol. The van der Waals surface area contributed by atoms with Crippen LogP contribution in [0.1, 0.15) is 22.3 Å². The van der Waals surface area contributed by atoms with E-state index in [0.717, 1.165) is 38.9 Å². The third kappa shape index (κ3) is 5.50. The van der Waals surface area contributed by atoms with Gasteiger partial charge in [-0.1, -0.05) is 206 Å². The molecule has 284 valence electrons. The van der Waals surface area contributed by atoms with Gasteiger partial charge in [0.25, 0.3) is 0 Å². The van der Waals surface area contributed by atoms with Crippen molar-refractivity contribution in [3.63, 3.8) is 0 Å². The number of benzene rings is 10. The SMILES string of the molecule is c1ccc(-c2cc(-c3cccc4ccccc34)nc(-c3ccc(-c4cccc5c4C(c4ccccc4)(c4ccccc4)c4cc6ccccc6cc4-5)c4ccccc34)n2)cc1. The smallest absolute Gasteiger partial charge is 0.161 e. The standard InChI is InChI=1S/C59H38N2/c1-4-19-40(20-5-1)55-38-56(49-31-16-23-39-18-12-13-28-45(39)49)61-58(60-55)52-35-34-48(46-29-14-15-30-47(46)52)50-32-17-33-51-53-36-41-21-10-11-22-42(41)37-54(53)59(57(50)51,43-24-6-2-7-25-43)44-26-8-3-9-27-44/h1-38H. The van der Waals surface area contributed by atoms with E-state index in [2.05, 4.69) is 231 Å². The minimum Gasteiger partial charge on any atom is -0.228 e. The molecule has 0 fully saturated rings. The second kappa shape index (κ2) is 14.1. The molecule has 11 aromatic rings. The van der Waals surface area contributed by atoms with Crippen LogP contribution in [0.4, 0.5) is 0 Å². The summed E-state index contributed by atoms with van der Waals surface area (Å²) in [5.74, 6) is 0.701. The van der Waals surface area contributed by atoms with Crippen LogP contribution in [0.2, 0.25) is 0 Å². The Hall–Kier alpha value is -7.94. The summed E-state index contributed by atoms with van der Waals surface area (Å²) >= 11 is 0. The highest BCUT2D eigenvalue weighted by molar-refractivity contribution is 6.07. The molecule has 0 saturated carbocycles. The first-order valence-electron chi connectivity index (χ1n) is 21.0. The molecule has 0 amide bonds. The van der Waals surface area contributed by atoms with Gasteiger partial charge in [0.1, 0.15) is 0 Å². The van der Waals surface area contributed by atoms with Gasteiger partial charge in [-0.05, 0) is 101 Å². The largest absolute Gasteiger partial charge is 0.228 e. The van der Waals surface area contributed by atoms with Crippen LogP contribution in [0.3, 0.4) is 0 Å². The summed E-state index contributed by atoms with van der Waals surface area (Å²) in [7, 11) is 0. The van der Waals surface area contributed by atoms with Crippen LogP contribution in [0, 0.1) is 0 Å². The number of hydrogen-bond donors (Lipinski definition) is 0. The van der Waals surface area contributed by atoms with Gasteiger partial charge >= 0.3 is 0 Å². The Balaban J connectivity index is 1.13. The van der Waals surface area contributed by atoms with Gasteiger partial charge in [0.05, 0.1) is 16.8 Å². The van der Waals surface area contributed by atoms with Crippen molar-refractivity contribution in [2.24, 2.45) is 0 Å². The molecule has 0 saturated heterocycles. The first-order chi connectivity index (χ1) is 30.3. The van der Waals surface area contributed by atoms with Crippen LogP contribution in [0.25, 0.3) is 88.5 Å². The van der Waals surface area contributed by atoms with E-state index in [1.54, 1.807) is 0 Å². The van der Waals surface area contributed by atoms with Crippen LogP contribution >= 0.6 is 0 Å². The number of hydrogen-bond acceptors (Lipinski definition) is 2. The van der Waals surface area contributed by atoms with Crippen LogP contribution in [0.5, 0.6) is 0 Å². The summed E-state index contributed by atoms with van der Waals surface area (Å²) in [5, 5.41) is 7.10. The molecule has 61 heavy (non-hydrogen) atoms. The number of fused-ring (bicyclic) bond motifs is 6. The van der Waals surface area contributed by atoms with E-state index in [4.69, 9.17) is 9.97 Å². The van der Waals surface area contributed by atoms with Crippen molar-refractivity contribution in [1.29, 1.82) is 0 Å². The molecule has 1 aliphatic rings. The Morgan fingerprint density at radius 3 is 1.49 bits per heavy atom. The van der Waals surface area contributed by atoms with Crippen LogP contribution in [-0.4, -0.2) is 9.97 Å². The Kier molecular flexibility index (Phi) is 8.11. The molecule has 0 unspecified atom stereocenters. The molecule has 0 spiro atoms. The van der Waals surface area contributed by atoms with Crippen molar-refractivity contribution in [2.75, 3.05) is 0 Å². The second-order valence-electron chi connectivity index (χ2n) is 16.0. The second-order valence-corrected chi connectivity index (χ2v) is 16.0. The van der Waals surface area contributed by atoms with Gasteiger partial charge < -0.3 is 0 Å². The zero-order valence-electron chi connectivity index (χ0n) is 33.3. The monoisotopic (exact) mass is 774 g/mol. The van der Waals surface area contributed by atoms with Crippen molar-refractivity contribution < 1.29 is 0 Å². The van der Waals surface area contributed by atoms with Gasteiger partial charge in [-0.15, -0.1) is 0 Å². The highest BCUT2D eigenvalue weighted by Gasteiger charge is 2.48. The number of nitrogens with zero attached hydrogens (tertiary/aromatic N) is 2.